The van der Waals surface area contributed by atoms with Gasteiger partial charge in [-0.3, -0.25) is 9.48 Å². The van der Waals surface area contributed by atoms with Gasteiger partial charge in [0.2, 0.25) is 0 Å². The normalized spacial score (nSPS) is 17.7. The third-order valence-electron chi connectivity index (χ3n) is 5.53. The standard InChI is InChI=1S/C21H18F3N5O/c22-21(23,24)18-8-17(5-4-16(18)9-25)28-19(30)20(6-1-7-20)29-13-15(12-27-29)3-2-14-10-26-11-14/h4-5,8,12-14,26H,1,6-7,10-11H2,(H,28,30). The van der Waals surface area contributed by atoms with Crippen molar-refractivity contribution in [1.29, 1.82) is 5.26 Å². The average molecular weight is 413 g/mol. The zero-order valence-corrected chi connectivity index (χ0v) is 15.9. The summed E-state index contributed by atoms with van der Waals surface area (Å²) >= 11 is 0. The minimum atomic E-state index is -4.69. The molecule has 1 aromatic carbocycles. The highest BCUT2D eigenvalue weighted by Gasteiger charge is 2.47. The summed E-state index contributed by atoms with van der Waals surface area (Å²) < 4.78 is 41.1. The zero-order chi connectivity index (χ0) is 21.4. The summed E-state index contributed by atoms with van der Waals surface area (Å²) in [5, 5.41) is 18.9. The number of alkyl halides is 3. The van der Waals surface area contributed by atoms with E-state index < -0.39 is 28.7 Å². The van der Waals surface area contributed by atoms with E-state index in [1.807, 2.05) is 0 Å². The van der Waals surface area contributed by atoms with Gasteiger partial charge in [-0.15, -0.1) is 0 Å². The second-order valence-corrected chi connectivity index (χ2v) is 7.51. The second kappa shape index (κ2) is 7.51. The molecular weight excluding hydrogens is 395 g/mol. The molecular formula is C21H18F3N5O. The molecule has 1 aliphatic carbocycles. The molecule has 1 aliphatic heterocycles. The Balaban J connectivity index is 1.55. The molecule has 2 aliphatic rings. The highest BCUT2D eigenvalue weighted by Crippen LogP contribution is 2.40. The van der Waals surface area contributed by atoms with Gasteiger partial charge in [0.05, 0.1) is 29.0 Å². The van der Waals surface area contributed by atoms with Gasteiger partial charge in [-0.1, -0.05) is 11.8 Å². The summed E-state index contributed by atoms with van der Waals surface area (Å²) in [5.41, 5.74) is -1.84. The van der Waals surface area contributed by atoms with Crippen molar-refractivity contribution in [3.63, 3.8) is 0 Å². The molecule has 1 aromatic heterocycles. The molecule has 0 radical (unpaired) electrons. The van der Waals surface area contributed by atoms with Crippen molar-refractivity contribution in [2.24, 2.45) is 5.92 Å². The minimum Gasteiger partial charge on any atom is -0.324 e. The molecule has 9 heteroatoms. The predicted octanol–water partition coefficient (Wildman–Crippen LogP) is 2.86. The van der Waals surface area contributed by atoms with Crippen molar-refractivity contribution >= 4 is 11.6 Å². The molecule has 2 N–H and O–H groups in total. The molecule has 154 valence electrons. The van der Waals surface area contributed by atoms with Crippen LogP contribution in [0.25, 0.3) is 0 Å². The minimum absolute atomic E-state index is 0.0118. The number of carbonyl (C=O) groups is 1. The van der Waals surface area contributed by atoms with E-state index in [4.69, 9.17) is 5.26 Å². The number of halogens is 3. The maximum absolute atomic E-state index is 13.2. The quantitative estimate of drug-likeness (QED) is 0.759. The number of hydrogen-bond acceptors (Lipinski definition) is 4. The number of aromatic nitrogens is 2. The molecule has 0 unspecified atom stereocenters. The van der Waals surface area contributed by atoms with E-state index in [9.17, 15) is 18.0 Å². The van der Waals surface area contributed by atoms with Crippen molar-refractivity contribution in [2.45, 2.75) is 31.0 Å². The van der Waals surface area contributed by atoms with Crippen molar-refractivity contribution in [1.82, 2.24) is 15.1 Å². The van der Waals surface area contributed by atoms with E-state index in [0.717, 1.165) is 31.6 Å². The van der Waals surface area contributed by atoms with Crippen LogP contribution in [0.3, 0.4) is 0 Å². The average Bonchev–Trinajstić information content (AvgIpc) is 3.07. The first-order valence-electron chi connectivity index (χ1n) is 9.52. The Hall–Kier alpha value is -3.30. The lowest BCUT2D eigenvalue weighted by molar-refractivity contribution is -0.137. The van der Waals surface area contributed by atoms with Gasteiger partial charge in [-0.05, 0) is 37.5 Å². The summed E-state index contributed by atoms with van der Waals surface area (Å²) in [6.07, 6.45) is 0.479. The fourth-order valence-electron chi connectivity index (χ4n) is 3.47. The molecule has 0 bridgehead atoms. The number of anilines is 1. The number of nitriles is 1. The Morgan fingerprint density at radius 2 is 2.10 bits per heavy atom. The highest BCUT2D eigenvalue weighted by molar-refractivity contribution is 5.97. The number of nitrogens with one attached hydrogen (secondary N) is 2. The predicted molar refractivity (Wildman–Crippen MR) is 102 cm³/mol. The Labute approximate surface area is 171 Å². The first kappa shape index (κ1) is 20.0. The van der Waals surface area contributed by atoms with Crippen LogP contribution in [-0.4, -0.2) is 28.8 Å². The molecule has 0 atom stereocenters. The fraction of sp³-hybridized carbons (Fsp3) is 0.381. The van der Waals surface area contributed by atoms with Crippen LogP contribution in [0.15, 0.2) is 30.6 Å². The van der Waals surface area contributed by atoms with Gasteiger partial charge in [0, 0.05) is 30.9 Å². The van der Waals surface area contributed by atoms with Gasteiger partial charge in [-0.25, -0.2) is 0 Å². The summed E-state index contributed by atoms with van der Waals surface area (Å²) in [7, 11) is 0. The van der Waals surface area contributed by atoms with Gasteiger partial charge in [0.1, 0.15) is 5.54 Å². The first-order valence-corrected chi connectivity index (χ1v) is 9.52. The van der Waals surface area contributed by atoms with Crippen LogP contribution in [0, 0.1) is 29.1 Å². The molecule has 30 heavy (non-hydrogen) atoms. The van der Waals surface area contributed by atoms with Crippen LogP contribution in [0.2, 0.25) is 0 Å². The van der Waals surface area contributed by atoms with Gasteiger partial charge < -0.3 is 10.6 Å². The maximum Gasteiger partial charge on any atom is 0.417 e. The number of rotatable bonds is 3. The van der Waals surface area contributed by atoms with Crippen LogP contribution in [0.1, 0.15) is 36.0 Å². The Bertz CT molecular complexity index is 1080. The SMILES string of the molecule is N#Cc1ccc(NC(=O)C2(n3cc(C#CC4CNC4)cn3)CCC2)cc1C(F)(F)F. The number of nitrogens with zero attached hydrogens (tertiary/aromatic N) is 3. The second-order valence-electron chi connectivity index (χ2n) is 7.51. The Kier molecular flexibility index (Phi) is 5.00. The molecule has 1 saturated carbocycles. The number of carbonyl (C=O) groups excluding carboxylic acids is 1. The van der Waals surface area contributed by atoms with Crippen LogP contribution < -0.4 is 10.6 Å². The maximum atomic E-state index is 13.2. The van der Waals surface area contributed by atoms with E-state index >= 15 is 0 Å². The summed E-state index contributed by atoms with van der Waals surface area (Å²) in [6.45, 7) is 1.72. The third kappa shape index (κ3) is 3.64. The van der Waals surface area contributed by atoms with Crippen molar-refractivity contribution in [2.75, 3.05) is 18.4 Å². The lowest BCUT2D eigenvalue weighted by Gasteiger charge is -2.40. The van der Waals surface area contributed by atoms with Crippen LogP contribution >= 0.6 is 0 Å². The van der Waals surface area contributed by atoms with Crippen molar-refractivity contribution < 1.29 is 18.0 Å². The summed E-state index contributed by atoms with van der Waals surface area (Å²) in [5.74, 6) is 6.07. The molecule has 1 amide bonds. The van der Waals surface area contributed by atoms with Crippen LogP contribution in [0.4, 0.5) is 18.9 Å². The molecule has 1 saturated heterocycles. The highest BCUT2D eigenvalue weighted by atomic mass is 19.4. The number of amides is 1. The summed E-state index contributed by atoms with van der Waals surface area (Å²) in [4.78, 5) is 13.0. The van der Waals surface area contributed by atoms with Gasteiger partial charge in [0.25, 0.3) is 5.91 Å². The Morgan fingerprint density at radius 1 is 1.33 bits per heavy atom. The molecule has 6 nitrogen and oxygen atoms in total. The molecule has 4 rings (SSSR count). The van der Waals surface area contributed by atoms with Gasteiger partial charge in [0.15, 0.2) is 0 Å². The number of benzene rings is 1. The molecule has 0 spiro atoms. The van der Waals surface area contributed by atoms with Crippen molar-refractivity contribution in [3.8, 4) is 17.9 Å². The number of hydrogen-bond donors (Lipinski definition) is 2. The van der Waals surface area contributed by atoms with E-state index in [2.05, 4.69) is 27.6 Å². The molecule has 2 heterocycles. The fourth-order valence-corrected chi connectivity index (χ4v) is 3.47. The monoisotopic (exact) mass is 413 g/mol. The van der Waals surface area contributed by atoms with Crippen molar-refractivity contribution in [3.05, 3.63) is 47.3 Å². The molecule has 2 fully saturated rings. The molecule has 2 aromatic rings. The largest absolute Gasteiger partial charge is 0.417 e. The van der Waals surface area contributed by atoms with E-state index in [0.29, 0.717) is 24.3 Å². The van der Waals surface area contributed by atoms with E-state index in [1.54, 1.807) is 17.1 Å². The van der Waals surface area contributed by atoms with Gasteiger partial charge >= 0.3 is 6.18 Å². The lowest BCUT2D eigenvalue weighted by Crippen LogP contribution is -2.51. The topological polar surface area (TPSA) is 82.7 Å². The van der Waals surface area contributed by atoms with Crippen LogP contribution in [0.5, 0.6) is 0 Å². The van der Waals surface area contributed by atoms with E-state index in [1.165, 1.54) is 12.1 Å². The smallest absolute Gasteiger partial charge is 0.324 e. The van der Waals surface area contributed by atoms with Crippen LogP contribution in [-0.2, 0) is 16.5 Å². The third-order valence-corrected chi connectivity index (χ3v) is 5.53. The zero-order valence-electron chi connectivity index (χ0n) is 15.9. The summed E-state index contributed by atoms with van der Waals surface area (Å²) in [6, 6.07) is 4.67. The lowest BCUT2D eigenvalue weighted by atomic mass is 9.76. The van der Waals surface area contributed by atoms with E-state index in [-0.39, 0.29) is 5.69 Å². The Morgan fingerprint density at radius 3 is 2.67 bits per heavy atom. The first-order chi connectivity index (χ1) is 14.3. The van der Waals surface area contributed by atoms with Gasteiger partial charge in [-0.2, -0.15) is 23.5 Å².